The Balaban J connectivity index is 2.37. The summed E-state index contributed by atoms with van der Waals surface area (Å²) in [5.41, 5.74) is 0.914. The van der Waals surface area contributed by atoms with Gasteiger partial charge in [0.05, 0.1) is 0 Å². The van der Waals surface area contributed by atoms with Crippen LogP contribution < -0.4 is 10.6 Å². The van der Waals surface area contributed by atoms with Gasteiger partial charge in [0.2, 0.25) is 11.8 Å². The quantitative estimate of drug-likeness (QED) is 0.420. The van der Waals surface area contributed by atoms with Crippen molar-refractivity contribution < 1.29 is 28.7 Å². The number of esters is 1. The van der Waals surface area contributed by atoms with E-state index < -0.39 is 47.2 Å². The van der Waals surface area contributed by atoms with Crippen LogP contribution in [0.25, 0.3) is 0 Å². The summed E-state index contributed by atoms with van der Waals surface area (Å²) in [4.78, 5) is 53.9. The van der Waals surface area contributed by atoms with Crippen molar-refractivity contribution in [1.82, 2.24) is 15.5 Å². The van der Waals surface area contributed by atoms with Crippen molar-refractivity contribution >= 4 is 23.9 Å². The Morgan fingerprint density at radius 2 is 1.43 bits per heavy atom. The zero-order chi connectivity index (χ0) is 30.1. The number of nitrogens with one attached hydrogen (secondary N) is 2. The molecule has 2 rings (SSSR count). The minimum Gasteiger partial charge on any atom is -0.458 e. The van der Waals surface area contributed by atoms with Crippen molar-refractivity contribution in [2.45, 2.75) is 85.1 Å². The van der Waals surface area contributed by atoms with E-state index in [1.807, 2.05) is 49.4 Å². The molecule has 2 N–H and O–H groups in total. The van der Waals surface area contributed by atoms with E-state index in [2.05, 4.69) is 10.6 Å². The number of carbonyl (C=O) groups is 4. The molecule has 2 aromatic carbocycles. The van der Waals surface area contributed by atoms with Crippen LogP contribution in [0.2, 0.25) is 0 Å². The molecule has 0 aromatic heterocycles. The van der Waals surface area contributed by atoms with Crippen LogP contribution in [-0.2, 0) is 30.3 Å². The molecule has 0 aliphatic heterocycles. The van der Waals surface area contributed by atoms with E-state index in [-0.39, 0.29) is 19.5 Å². The van der Waals surface area contributed by atoms with E-state index in [1.54, 1.807) is 60.6 Å². The van der Waals surface area contributed by atoms with Gasteiger partial charge in [-0.15, -0.1) is 0 Å². The van der Waals surface area contributed by atoms with E-state index in [0.717, 1.165) is 11.1 Å². The summed E-state index contributed by atoms with van der Waals surface area (Å²) in [5, 5.41) is 5.31. The number of alkyl carbamates (subject to hydrolysis) is 1. The number of nitrogens with zero attached hydrogens (tertiary/aromatic N) is 1. The van der Waals surface area contributed by atoms with Crippen molar-refractivity contribution in [3.05, 3.63) is 71.3 Å². The Hall–Kier alpha value is -3.88. The lowest BCUT2D eigenvalue weighted by molar-refractivity contribution is -0.159. The molecular weight excluding hydrogens is 510 g/mol. The van der Waals surface area contributed by atoms with E-state index >= 15 is 0 Å². The van der Waals surface area contributed by atoms with Gasteiger partial charge in [0.15, 0.2) is 0 Å². The zero-order valence-corrected chi connectivity index (χ0v) is 24.9. The van der Waals surface area contributed by atoms with Crippen molar-refractivity contribution in [1.29, 1.82) is 0 Å². The fraction of sp³-hybridized carbons (Fsp3) is 0.484. The highest BCUT2D eigenvalue weighted by Gasteiger charge is 2.35. The summed E-state index contributed by atoms with van der Waals surface area (Å²) in [5.74, 6) is -1.60. The fourth-order valence-corrected chi connectivity index (χ4v) is 3.95. The molecule has 2 atom stereocenters. The lowest BCUT2D eigenvalue weighted by Gasteiger charge is -2.32. The lowest BCUT2D eigenvalue weighted by Crippen LogP contribution is -2.52. The van der Waals surface area contributed by atoms with Gasteiger partial charge < -0.3 is 25.0 Å². The molecule has 0 saturated heterocycles. The molecule has 9 heteroatoms. The summed E-state index contributed by atoms with van der Waals surface area (Å²) in [6.45, 7) is 13.9. The monoisotopic (exact) mass is 553 g/mol. The Morgan fingerprint density at radius 3 is 1.95 bits per heavy atom. The van der Waals surface area contributed by atoms with Gasteiger partial charge in [-0.2, -0.15) is 0 Å². The number of carbonyl (C=O) groups excluding carboxylic acids is 4. The molecule has 0 bridgehead atoms. The zero-order valence-electron chi connectivity index (χ0n) is 24.9. The van der Waals surface area contributed by atoms with E-state index in [1.165, 1.54) is 4.90 Å². The number of likely N-dealkylation sites (N-methyl/N-ethyl adjacent to an activating group) is 1. The molecule has 40 heavy (non-hydrogen) atoms. The van der Waals surface area contributed by atoms with Gasteiger partial charge in [0, 0.05) is 13.0 Å². The largest absolute Gasteiger partial charge is 0.458 e. The minimum atomic E-state index is -1.06. The molecule has 3 amide bonds. The van der Waals surface area contributed by atoms with Crippen LogP contribution in [0, 0.1) is 6.92 Å². The molecule has 0 saturated carbocycles. The summed E-state index contributed by atoms with van der Waals surface area (Å²) in [6, 6.07) is 14.5. The van der Waals surface area contributed by atoms with E-state index in [4.69, 9.17) is 9.47 Å². The highest BCUT2D eigenvalue weighted by molar-refractivity contribution is 5.92. The maximum atomic E-state index is 13.9. The fourth-order valence-electron chi connectivity index (χ4n) is 3.95. The number of hydrogen-bond acceptors (Lipinski definition) is 6. The third-order valence-corrected chi connectivity index (χ3v) is 5.69. The smallest absolute Gasteiger partial charge is 0.408 e. The highest BCUT2D eigenvalue weighted by atomic mass is 16.6. The van der Waals surface area contributed by atoms with Crippen LogP contribution in [0.15, 0.2) is 54.6 Å². The second-order valence-corrected chi connectivity index (χ2v) is 11.6. The molecule has 2 unspecified atom stereocenters. The Labute approximate surface area is 237 Å². The second-order valence-electron chi connectivity index (χ2n) is 11.6. The first-order valence-electron chi connectivity index (χ1n) is 13.5. The number of amides is 3. The average molecular weight is 554 g/mol. The molecule has 0 heterocycles. The van der Waals surface area contributed by atoms with Crippen molar-refractivity contribution in [2.24, 2.45) is 0 Å². The summed E-state index contributed by atoms with van der Waals surface area (Å²) in [7, 11) is 0. The number of benzene rings is 2. The molecule has 2 aromatic rings. The van der Waals surface area contributed by atoms with E-state index in [0.29, 0.717) is 5.56 Å². The first-order valence-corrected chi connectivity index (χ1v) is 13.5. The highest BCUT2D eigenvalue weighted by Crippen LogP contribution is 2.23. The first-order chi connectivity index (χ1) is 18.6. The van der Waals surface area contributed by atoms with Gasteiger partial charge in [0.1, 0.15) is 29.8 Å². The van der Waals surface area contributed by atoms with Gasteiger partial charge in [-0.1, -0.05) is 60.2 Å². The van der Waals surface area contributed by atoms with Gasteiger partial charge in [0.25, 0.3) is 0 Å². The Morgan fingerprint density at radius 1 is 0.850 bits per heavy atom. The van der Waals surface area contributed by atoms with Crippen molar-refractivity contribution in [2.75, 3.05) is 13.1 Å². The van der Waals surface area contributed by atoms with Crippen LogP contribution in [-0.4, -0.2) is 59.1 Å². The predicted octanol–water partition coefficient (Wildman–Crippen LogP) is 4.48. The molecule has 0 spiro atoms. The molecule has 0 fully saturated rings. The minimum absolute atomic E-state index is 0.177. The van der Waals surface area contributed by atoms with Crippen molar-refractivity contribution in [3.63, 3.8) is 0 Å². The molecule has 9 nitrogen and oxygen atoms in total. The first kappa shape index (κ1) is 32.3. The lowest BCUT2D eigenvalue weighted by atomic mass is 10.0. The molecule has 0 aliphatic rings. The summed E-state index contributed by atoms with van der Waals surface area (Å²) < 4.78 is 10.8. The SMILES string of the molecule is CCN(C(=O)CNC(=O)OC(C)(C)C)C(C(=O)NC(Cc1ccccc1)C(=O)OC(C)(C)C)c1ccc(C)cc1. The number of aryl methyl sites for hydroxylation is 1. The average Bonchev–Trinajstić information content (AvgIpc) is 2.84. The Kier molecular flexibility index (Phi) is 11.3. The summed E-state index contributed by atoms with van der Waals surface area (Å²) >= 11 is 0. The van der Waals surface area contributed by atoms with Crippen LogP contribution in [0.1, 0.15) is 71.2 Å². The van der Waals surface area contributed by atoms with Crippen LogP contribution in [0.5, 0.6) is 0 Å². The molecule has 0 aliphatic carbocycles. The van der Waals surface area contributed by atoms with Crippen LogP contribution >= 0.6 is 0 Å². The van der Waals surface area contributed by atoms with Crippen molar-refractivity contribution in [3.8, 4) is 0 Å². The molecule has 218 valence electrons. The third kappa shape index (κ3) is 10.7. The van der Waals surface area contributed by atoms with E-state index in [9.17, 15) is 19.2 Å². The van der Waals surface area contributed by atoms with Gasteiger partial charge in [-0.25, -0.2) is 9.59 Å². The maximum Gasteiger partial charge on any atom is 0.408 e. The van der Waals surface area contributed by atoms with Gasteiger partial charge in [-0.3, -0.25) is 9.59 Å². The van der Waals surface area contributed by atoms with Crippen LogP contribution in [0.3, 0.4) is 0 Å². The molecule has 0 radical (unpaired) electrons. The maximum absolute atomic E-state index is 13.9. The standard InChI is InChI=1S/C31H43N3O6/c1-9-34(25(35)20-32-29(38)40-31(6,7)8)26(23-17-15-21(2)16-18-23)27(36)33-24(28(37)39-30(3,4)5)19-22-13-11-10-12-14-22/h10-18,24,26H,9,19-20H2,1-8H3,(H,32,38)(H,33,36). The summed E-state index contributed by atoms with van der Waals surface area (Å²) in [6.07, 6.45) is -0.524. The third-order valence-electron chi connectivity index (χ3n) is 5.69. The van der Waals surface area contributed by atoms with Gasteiger partial charge in [-0.05, 0) is 66.5 Å². The second kappa shape index (κ2) is 14.0. The predicted molar refractivity (Wildman–Crippen MR) is 153 cm³/mol. The number of rotatable bonds is 10. The van der Waals surface area contributed by atoms with Crippen LogP contribution in [0.4, 0.5) is 4.79 Å². The number of ether oxygens (including phenoxy) is 2. The number of hydrogen-bond donors (Lipinski definition) is 2. The van der Waals surface area contributed by atoms with Gasteiger partial charge >= 0.3 is 12.1 Å². The normalized spacial score (nSPS) is 13.0. The topological polar surface area (TPSA) is 114 Å². The molecular formula is C31H43N3O6. The Bertz CT molecular complexity index is 1150.